The molecule has 11 heteroatoms. The molecule has 1 saturated carbocycles. The molecule has 1 aliphatic heterocycles. The summed E-state index contributed by atoms with van der Waals surface area (Å²) in [4.78, 5) is 23.4. The number of carbonyl (C=O) groups excluding carboxylic acids is 1. The zero-order valence-electron chi connectivity index (χ0n) is 21.1. The van der Waals surface area contributed by atoms with Gasteiger partial charge in [0.25, 0.3) is 21.8 Å². The van der Waals surface area contributed by atoms with Gasteiger partial charge in [0.2, 0.25) is 0 Å². The standard InChI is InChI=1S/C25H34FN5O4S.H2/c1-15-13-25(3,4)31(14-15)22-18(23(32)30-36(33,34)21-11-7-10-20(27)28-21)12-19(26)24(29-22)35-16(2)17-8-5-6-9-17;/h7,10-12,15-17H,5-6,8-9,13-14H2,1-4H3,(H2,27,28)(H,30,32);1H/t15-,16?;/m0./s1. The molecule has 2 aromatic heterocycles. The molecule has 1 unspecified atom stereocenters. The largest absolute Gasteiger partial charge is 0.472 e. The van der Waals surface area contributed by atoms with E-state index in [0.717, 1.165) is 38.2 Å². The van der Waals surface area contributed by atoms with E-state index in [1.807, 2.05) is 30.4 Å². The molecule has 3 N–H and O–H groups in total. The number of hydrogen-bond donors (Lipinski definition) is 2. The highest BCUT2D eigenvalue weighted by molar-refractivity contribution is 7.90. The maximum atomic E-state index is 15.2. The SMILES string of the molecule is CC(Oc1nc(N2C[C@@H](C)CC2(C)C)c(C(=O)NS(=O)(=O)c2cccc(N)n2)cc1F)C1CCCC1.[HH]. The van der Waals surface area contributed by atoms with Gasteiger partial charge in [-0.25, -0.2) is 14.1 Å². The van der Waals surface area contributed by atoms with Crippen molar-refractivity contribution in [3.05, 3.63) is 35.6 Å². The molecule has 2 aliphatic rings. The quantitative estimate of drug-likeness (QED) is 0.556. The first-order valence-electron chi connectivity index (χ1n) is 12.3. The van der Waals surface area contributed by atoms with Crippen LogP contribution < -0.4 is 20.1 Å². The van der Waals surface area contributed by atoms with Gasteiger partial charge in [-0.2, -0.15) is 13.4 Å². The Kier molecular flexibility index (Phi) is 7.14. The first-order valence-corrected chi connectivity index (χ1v) is 13.8. The molecule has 2 aromatic rings. The average molecular weight is 522 g/mol. The minimum Gasteiger partial charge on any atom is -0.472 e. The van der Waals surface area contributed by atoms with Crippen LogP contribution in [0.15, 0.2) is 29.3 Å². The van der Waals surface area contributed by atoms with Gasteiger partial charge in [0, 0.05) is 13.5 Å². The Morgan fingerprint density at radius 3 is 2.61 bits per heavy atom. The third kappa shape index (κ3) is 5.40. The number of ether oxygens (including phenoxy) is 1. The zero-order chi connectivity index (χ0) is 26.3. The van der Waals surface area contributed by atoms with Crippen LogP contribution in [0.25, 0.3) is 0 Å². The van der Waals surface area contributed by atoms with Crippen molar-refractivity contribution in [1.29, 1.82) is 0 Å². The van der Waals surface area contributed by atoms with Gasteiger partial charge < -0.3 is 15.4 Å². The van der Waals surface area contributed by atoms with Crippen molar-refractivity contribution in [3.8, 4) is 5.88 Å². The molecule has 0 bridgehead atoms. The number of amides is 1. The molecule has 0 spiro atoms. The van der Waals surface area contributed by atoms with E-state index < -0.39 is 26.8 Å². The third-order valence-electron chi connectivity index (χ3n) is 7.11. The Morgan fingerprint density at radius 1 is 1.31 bits per heavy atom. The van der Waals surface area contributed by atoms with Crippen molar-refractivity contribution < 1.29 is 23.8 Å². The summed E-state index contributed by atoms with van der Waals surface area (Å²) in [5, 5.41) is -0.411. The van der Waals surface area contributed by atoms with Crippen molar-refractivity contribution >= 4 is 27.6 Å². The lowest BCUT2D eigenvalue weighted by atomic mass is 9.97. The molecule has 198 valence electrons. The Bertz CT molecular complexity index is 1250. The number of halogens is 1. The molecule has 1 amide bonds. The smallest absolute Gasteiger partial charge is 0.281 e. The van der Waals surface area contributed by atoms with Crippen LogP contribution in [0, 0.1) is 17.7 Å². The molecule has 2 fully saturated rings. The topological polar surface area (TPSA) is 128 Å². The van der Waals surface area contributed by atoms with E-state index in [4.69, 9.17) is 10.5 Å². The molecule has 1 saturated heterocycles. The number of aromatic nitrogens is 2. The van der Waals surface area contributed by atoms with Gasteiger partial charge >= 0.3 is 0 Å². The predicted octanol–water partition coefficient (Wildman–Crippen LogP) is 4.14. The van der Waals surface area contributed by atoms with Gasteiger partial charge in [-0.05, 0) is 70.1 Å². The van der Waals surface area contributed by atoms with Crippen LogP contribution in [0.5, 0.6) is 5.88 Å². The van der Waals surface area contributed by atoms with E-state index in [1.54, 1.807) is 0 Å². The van der Waals surface area contributed by atoms with E-state index in [1.165, 1.54) is 18.2 Å². The summed E-state index contributed by atoms with van der Waals surface area (Å²) in [6, 6.07) is 5.08. The van der Waals surface area contributed by atoms with Crippen LogP contribution in [-0.2, 0) is 10.0 Å². The average Bonchev–Trinajstić information content (AvgIpc) is 3.42. The lowest BCUT2D eigenvalue weighted by Gasteiger charge is -2.34. The van der Waals surface area contributed by atoms with Crippen LogP contribution >= 0.6 is 0 Å². The highest BCUT2D eigenvalue weighted by Gasteiger charge is 2.40. The summed E-state index contributed by atoms with van der Waals surface area (Å²) < 4.78 is 48.8. The summed E-state index contributed by atoms with van der Waals surface area (Å²) >= 11 is 0. The summed E-state index contributed by atoms with van der Waals surface area (Å²) in [5.41, 5.74) is 5.02. The van der Waals surface area contributed by atoms with Crippen LogP contribution in [-0.4, -0.2) is 42.5 Å². The van der Waals surface area contributed by atoms with Crippen molar-refractivity contribution in [2.45, 2.75) is 76.5 Å². The fourth-order valence-corrected chi connectivity index (χ4v) is 6.33. The fraction of sp³-hybridized carbons (Fsp3) is 0.560. The van der Waals surface area contributed by atoms with Gasteiger partial charge in [0.15, 0.2) is 10.8 Å². The summed E-state index contributed by atoms with van der Waals surface area (Å²) in [5.74, 6) is -1.22. The highest BCUT2D eigenvalue weighted by atomic mass is 32.2. The molecule has 4 rings (SSSR count). The van der Waals surface area contributed by atoms with Gasteiger partial charge in [-0.1, -0.05) is 25.8 Å². The minimum atomic E-state index is -4.35. The van der Waals surface area contributed by atoms with Crippen molar-refractivity contribution in [2.75, 3.05) is 17.2 Å². The Labute approximate surface area is 213 Å². The van der Waals surface area contributed by atoms with Crippen molar-refractivity contribution in [1.82, 2.24) is 14.7 Å². The second kappa shape index (κ2) is 9.84. The van der Waals surface area contributed by atoms with Gasteiger partial charge in [-0.3, -0.25) is 4.79 Å². The monoisotopic (exact) mass is 521 g/mol. The molecule has 2 atom stereocenters. The van der Waals surface area contributed by atoms with Crippen LogP contribution in [0.1, 0.15) is 71.6 Å². The maximum Gasteiger partial charge on any atom is 0.281 e. The predicted molar refractivity (Wildman–Crippen MR) is 137 cm³/mol. The zero-order valence-corrected chi connectivity index (χ0v) is 21.9. The normalized spacial score (nSPS) is 20.9. The number of pyridine rings is 2. The van der Waals surface area contributed by atoms with Gasteiger partial charge in [0.1, 0.15) is 17.7 Å². The molecule has 3 heterocycles. The summed E-state index contributed by atoms with van der Waals surface area (Å²) in [6.07, 6.45) is 4.87. The fourth-order valence-electron chi connectivity index (χ4n) is 5.39. The first kappa shape index (κ1) is 26.1. The number of sulfonamides is 1. The maximum absolute atomic E-state index is 15.2. The number of rotatable bonds is 7. The Hall–Kier alpha value is -2.95. The van der Waals surface area contributed by atoms with Crippen LogP contribution in [0.2, 0.25) is 0 Å². The molecule has 0 radical (unpaired) electrons. The number of carbonyl (C=O) groups is 1. The van der Waals surface area contributed by atoms with Crippen LogP contribution in [0.4, 0.5) is 16.0 Å². The van der Waals surface area contributed by atoms with Crippen LogP contribution in [0.3, 0.4) is 0 Å². The highest BCUT2D eigenvalue weighted by Crippen LogP contribution is 2.39. The molecule has 9 nitrogen and oxygen atoms in total. The van der Waals surface area contributed by atoms with E-state index >= 15 is 4.39 Å². The second-order valence-corrected chi connectivity index (χ2v) is 12.2. The minimum absolute atomic E-state index is 0. The number of nitrogens with two attached hydrogens (primary N) is 1. The van der Waals surface area contributed by atoms with E-state index in [-0.39, 0.29) is 36.1 Å². The number of anilines is 2. The lowest BCUT2D eigenvalue weighted by Crippen LogP contribution is -2.41. The second-order valence-electron chi connectivity index (χ2n) is 10.6. The van der Waals surface area contributed by atoms with E-state index in [0.29, 0.717) is 18.4 Å². The molecular formula is C25H36FN5O4S. The molecule has 36 heavy (non-hydrogen) atoms. The molecule has 1 aliphatic carbocycles. The number of nitrogen functional groups attached to an aromatic ring is 1. The van der Waals surface area contributed by atoms with Gasteiger partial charge in [-0.15, -0.1) is 0 Å². The number of hydrogen-bond acceptors (Lipinski definition) is 8. The summed E-state index contributed by atoms with van der Waals surface area (Å²) in [6.45, 7) is 8.59. The molecular weight excluding hydrogens is 485 g/mol. The number of nitrogens with zero attached hydrogens (tertiary/aromatic N) is 3. The van der Waals surface area contributed by atoms with Crippen molar-refractivity contribution in [3.63, 3.8) is 0 Å². The van der Waals surface area contributed by atoms with E-state index in [2.05, 4.69) is 16.9 Å². The Morgan fingerprint density at radius 2 is 2.00 bits per heavy atom. The van der Waals surface area contributed by atoms with E-state index in [9.17, 15) is 13.2 Å². The third-order valence-corrected chi connectivity index (χ3v) is 8.34. The lowest BCUT2D eigenvalue weighted by molar-refractivity contribution is 0.0980. The Balaban J connectivity index is 0.00000380. The first-order chi connectivity index (χ1) is 16.9. The van der Waals surface area contributed by atoms with Gasteiger partial charge in [0.05, 0.1) is 5.56 Å². The van der Waals surface area contributed by atoms with Crippen molar-refractivity contribution in [2.24, 2.45) is 11.8 Å². The summed E-state index contributed by atoms with van der Waals surface area (Å²) in [7, 11) is -4.35. The number of nitrogens with one attached hydrogen (secondary N) is 1. The molecule has 0 aromatic carbocycles.